The van der Waals surface area contributed by atoms with E-state index in [0.29, 0.717) is 38.2 Å². The lowest BCUT2D eigenvalue weighted by Gasteiger charge is -2.33. The van der Waals surface area contributed by atoms with Gasteiger partial charge in [0, 0.05) is 44.4 Å². The van der Waals surface area contributed by atoms with E-state index in [0.717, 1.165) is 36.6 Å². The molecule has 2 fully saturated rings. The number of nitrogens with zero attached hydrogens (tertiary/aromatic N) is 3. The Morgan fingerprint density at radius 2 is 1.63 bits per heavy atom. The van der Waals surface area contributed by atoms with Crippen molar-refractivity contribution >= 4 is 11.8 Å². The Morgan fingerprint density at radius 3 is 2.22 bits per heavy atom. The van der Waals surface area contributed by atoms with Gasteiger partial charge in [-0.25, -0.2) is 0 Å². The molecular formula is C18H22F3N3O3. The number of carbonyl (C=O) groups excluding carboxylic acids is 2. The molecule has 0 spiro atoms. The van der Waals surface area contributed by atoms with Crippen molar-refractivity contribution in [3.8, 4) is 0 Å². The van der Waals surface area contributed by atoms with E-state index in [1.54, 1.807) is 0 Å². The normalized spacial score (nSPS) is 18.8. The highest BCUT2D eigenvalue weighted by Gasteiger charge is 2.33. The number of alkyl halides is 3. The number of aromatic nitrogens is 1. The van der Waals surface area contributed by atoms with Crippen LogP contribution in [0.3, 0.4) is 0 Å². The summed E-state index contributed by atoms with van der Waals surface area (Å²) in [7, 11) is 0. The van der Waals surface area contributed by atoms with Gasteiger partial charge < -0.3 is 14.4 Å². The van der Waals surface area contributed by atoms with Crippen LogP contribution in [0.1, 0.15) is 31.2 Å². The fourth-order valence-corrected chi connectivity index (χ4v) is 3.64. The molecule has 0 aromatic carbocycles. The molecule has 6 nitrogen and oxygen atoms in total. The molecule has 0 aliphatic carbocycles. The average molecular weight is 385 g/mol. The van der Waals surface area contributed by atoms with Crippen LogP contribution in [-0.2, 0) is 22.3 Å². The first-order valence-electron chi connectivity index (χ1n) is 9.10. The molecule has 0 N–H and O–H groups in total. The smallest absolute Gasteiger partial charge is 0.342 e. The number of hydrogen-bond acceptors (Lipinski definition) is 3. The van der Waals surface area contributed by atoms with Gasteiger partial charge in [-0.15, -0.1) is 0 Å². The van der Waals surface area contributed by atoms with Gasteiger partial charge in [-0.3, -0.25) is 14.4 Å². The minimum atomic E-state index is -4.58. The summed E-state index contributed by atoms with van der Waals surface area (Å²) in [6.07, 6.45) is -0.780. The lowest BCUT2D eigenvalue weighted by Crippen LogP contribution is -2.45. The summed E-state index contributed by atoms with van der Waals surface area (Å²) in [5, 5.41) is 0. The molecule has 0 saturated carbocycles. The molecule has 2 aliphatic heterocycles. The molecule has 0 radical (unpaired) electrons. The molecule has 3 rings (SSSR count). The molecule has 2 aliphatic rings. The van der Waals surface area contributed by atoms with E-state index in [4.69, 9.17) is 0 Å². The zero-order valence-corrected chi connectivity index (χ0v) is 14.9. The lowest BCUT2D eigenvalue weighted by molar-refractivity contribution is -0.140. The van der Waals surface area contributed by atoms with Crippen LogP contribution in [-0.4, -0.2) is 52.4 Å². The SMILES string of the molecule is O=C(Cn1cc(C(F)(F)F)ccc1=O)N1CCC(C(=O)N2CCCC2)CC1. The summed E-state index contributed by atoms with van der Waals surface area (Å²) in [5.41, 5.74) is -1.62. The Kier molecular flexibility index (Phi) is 5.57. The Balaban J connectivity index is 1.58. The van der Waals surface area contributed by atoms with Crippen molar-refractivity contribution in [1.29, 1.82) is 0 Å². The molecule has 9 heteroatoms. The van der Waals surface area contributed by atoms with E-state index in [2.05, 4.69) is 0 Å². The molecule has 0 atom stereocenters. The zero-order chi connectivity index (χ0) is 19.6. The standard InChI is InChI=1S/C18H22F3N3O3/c19-18(20,21)14-3-4-15(25)24(11-14)12-16(26)22-9-5-13(6-10-22)17(27)23-7-1-2-8-23/h3-4,11,13H,1-2,5-10,12H2. The number of pyridine rings is 1. The van der Waals surface area contributed by atoms with Gasteiger partial charge in [0.05, 0.1) is 5.56 Å². The van der Waals surface area contributed by atoms with Gasteiger partial charge in [-0.05, 0) is 31.7 Å². The maximum absolute atomic E-state index is 12.8. The van der Waals surface area contributed by atoms with E-state index in [1.165, 1.54) is 4.90 Å². The highest BCUT2D eigenvalue weighted by atomic mass is 19.4. The number of amides is 2. The molecule has 1 aromatic heterocycles. The van der Waals surface area contributed by atoms with E-state index in [-0.39, 0.29) is 11.8 Å². The molecule has 0 unspecified atom stereocenters. The Bertz CT molecular complexity index is 761. The molecule has 0 bridgehead atoms. The summed E-state index contributed by atoms with van der Waals surface area (Å²) in [4.78, 5) is 40.0. The van der Waals surface area contributed by atoms with E-state index in [1.807, 2.05) is 4.90 Å². The zero-order valence-electron chi connectivity index (χ0n) is 14.9. The van der Waals surface area contributed by atoms with Crippen molar-refractivity contribution in [2.75, 3.05) is 26.2 Å². The third-order valence-corrected chi connectivity index (χ3v) is 5.23. The first-order valence-corrected chi connectivity index (χ1v) is 9.10. The number of halogens is 3. The van der Waals surface area contributed by atoms with Crippen LogP contribution in [0.2, 0.25) is 0 Å². The van der Waals surface area contributed by atoms with Crippen LogP contribution in [0.15, 0.2) is 23.1 Å². The van der Waals surface area contributed by atoms with Crippen molar-refractivity contribution < 1.29 is 22.8 Å². The van der Waals surface area contributed by atoms with Crippen LogP contribution < -0.4 is 5.56 Å². The lowest BCUT2D eigenvalue weighted by atomic mass is 9.95. The molecule has 27 heavy (non-hydrogen) atoms. The average Bonchev–Trinajstić information content (AvgIpc) is 3.16. The van der Waals surface area contributed by atoms with Gasteiger partial charge in [-0.1, -0.05) is 0 Å². The number of likely N-dealkylation sites (tertiary alicyclic amines) is 2. The van der Waals surface area contributed by atoms with Crippen LogP contribution in [0.5, 0.6) is 0 Å². The maximum Gasteiger partial charge on any atom is 0.417 e. The second-order valence-corrected chi connectivity index (χ2v) is 7.07. The molecule has 1 aromatic rings. The van der Waals surface area contributed by atoms with Gasteiger partial charge in [0.2, 0.25) is 11.8 Å². The maximum atomic E-state index is 12.8. The van der Waals surface area contributed by atoms with Gasteiger partial charge in [0.1, 0.15) is 6.54 Å². The Morgan fingerprint density at radius 1 is 1.00 bits per heavy atom. The van der Waals surface area contributed by atoms with Crippen LogP contribution in [0, 0.1) is 5.92 Å². The quantitative estimate of drug-likeness (QED) is 0.796. The third-order valence-electron chi connectivity index (χ3n) is 5.23. The predicted molar refractivity (Wildman–Crippen MR) is 90.8 cm³/mol. The second kappa shape index (κ2) is 7.74. The molecule has 3 heterocycles. The van der Waals surface area contributed by atoms with Crippen LogP contribution in [0.25, 0.3) is 0 Å². The highest BCUT2D eigenvalue weighted by Crippen LogP contribution is 2.28. The summed E-state index contributed by atoms with van der Waals surface area (Å²) >= 11 is 0. The molecular weight excluding hydrogens is 363 g/mol. The van der Waals surface area contributed by atoms with Crippen LogP contribution >= 0.6 is 0 Å². The van der Waals surface area contributed by atoms with Gasteiger partial charge in [-0.2, -0.15) is 13.2 Å². The summed E-state index contributed by atoms with van der Waals surface area (Å²) in [6, 6.07) is 1.52. The van der Waals surface area contributed by atoms with Crippen LogP contribution in [0.4, 0.5) is 13.2 Å². The molecule has 2 amide bonds. The monoisotopic (exact) mass is 385 g/mol. The minimum Gasteiger partial charge on any atom is -0.342 e. The summed E-state index contributed by atoms with van der Waals surface area (Å²) < 4.78 is 39.2. The molecule has 2 saturated heterocycles. The van der Waals surface area contributed by atoms with Crippen molar-refractivity contribution in [3.05, 3.63) is 34.2 Å². The van der Waals surface area contributed by atoms with Crippen molar-refractivity contribution in [2.24, 2.45) is 5.92 Å². The highest BCUT2D eigenvalue weighted by molar-refractivity contribution is 5.80. The van der Waals surface area contributed by atoms with Crippen molar-refractivity contribution in [1.82, 2.24) is 14.4 Å². The fraction of sp³-hybridized carbons (Fsp3) is 0.611. The van der Waals surface area contributed by atoms with Gasteiger partial charge >= 0.3 is 6.18 Å². The minimum absolute atomic E-state index is 0.108. The predicted octanol–water partition coefficient (Wildman–Crippen LogP) is 1.73. The summed E-state index contributed by atoms with van der Waals surface area (Å²) in [5.74, 6) is -0.388. The third kappa shape index (κ3) is 4.51. The van der Waals surface area contributed by atoms with Crippen molar-refractivity contribution in [2.45, 2.75) is 38.4 Å². The number of rotatable bonds is 3. The van der Waals surface area contributed by atoms with E-state index in [9.17, 15) is 27.6 Å². The van der Waals surface area contributed by atoms with Gasteiger partial charge in [0.25, 0.3) is 5.56 Å². The van der Waals surface area contributed by atoms with E-state index >= 15 is 0 Å². The fourth-order valence-electron chi connectivity index (χ4n) is 3.64. The Labute approximate surface area is 154 Å². The topological polar surface area (TPSA) is 62.6 Å². The van der Waals surface area contributed by atoms with E-state index < -0.39 is 29.8 Å². The molecule has 148 valence electrons. The number of piperidine rings is 1. The first kappa shape index (κ1) is 19.4. The number of hydrogen-bond donors (Lipinski definition) is 0. The Hall–Kier alpha value is -2.32. The second-order valence-electron chi connectivity index (χ2n) is 7.07. The first-order chi connectivity index (χ1) is 12.8. The number of carbonyl (C=O) groups is 2. The largest absolute Gasteiger partial charge is 0.417 e. The summed E-state index contributed by atoms with van der Waals surface area (Å²) in [6.45, 7) is 1.88. The van der Waals surface area contributed by atoms with Crippen molar-refractivity contribution in [3.63, 3.8) is 0 Å². The van der Waals surface area contributed by atoms with Gasteiger partial charge in [0.15, 0.2) is 0 Å².